The Labute approximate surface area is 167 Å². The molecule has 0 saturated heterocycles. The summed E-state index contributed by atoms with van der Waals surface area (Å²) in [5.41, 5.74) is 7.96. The lowest BCUT2D eigenvalue weighted by atomic mass is 10.00. The zero-order valence-electron chi connectivity index (χ0n) is 16.7. The minimum absolute atomic E-state index is 0.506. The van der Waals surface area contributed by atoms with E-state index >= 15 is 0 Å². The Kier molecular flexibility index (Phi) is 3.77. The van der Waals surface area contributed by atoms with E-state index in [4.69, 9.17) is 5.10 Å². The summed E-state index contributed by atoms with van der Waals surface area (Å²) in [6.07, 6.45) is 1.51. The van der Waals surface area contributed by atoms with Gasteiger partial charge in [0.25, 0.3) is 0 Å². The monoisotopic (exact) mass is 385 g/mol. The molecule has 0 spiro atoms. The molecule has 3 aromatic heterocycles. The molecule has 5 aromatic rings. The molecule has 0 amide bonds. The molecule has 0 unspecified atom stereocenters. The molecular weight excluding hydrogens is 365 g/mol. The Bertz CT molecular complexity index is 1390. The second kappa shape index (κ2) is 6.24. The second-order valence-electron chi connectivity index (χ2n) is 7.49. The van der Waals surface area contributed by atoms with Crippen LogP contribution in [0, 0.1) is 26.7 Å². The van der Waals surface area contributed by atoms with Crippen molar-refractivity contribution in [2.24, 2.45) is 7.05 Å². The van der Waals surface area contributed by atoms with Crippen LogP contribution in [0.3, 0.4) is 0 Å². The van der Waals surface area contributed by atoms with E-state index in [9.17, 15) is 4.39 Å². The van der Waals surface area contributed by atoms with Gasteiger partial charge >= 0.3 is 0 Å². The van der Waals surface area contributed by atoms with Gasteiger partial charge in [-0.2, -0.15) is 14.6 Å². The van der Waals surface area contributed by atoms with Crippen molar-refractivity contribution in [3.8, 4) is 16.9 Å². The first-order valence-corrected chi connectivity index (χ1v) is 9.48. The molecule has 0 fully saturated rings. The van der Waals surface area contributed by atoms with Crippen molar-refractivity contribution in [3.05, 3.63) is 71.4 Å². The van der Waals surface area contributed by atoms with E-state index in [0.717, 1.165) is 50.0 Å². The number of hydrogen-bond acceptors (Lipinski definition) is 3. The predicted octanol–water partition coefficient (Wildman–Crippen LogP) is 5.04. The molecule has 144 valence electrons. The molecule has 3 heterocycles. The van der Waals surface area contributed by atoms with Gasteiger partial charge in [0, 0.05) is 29.1 Å². The number of rotatable bonds is 2. The minimum Gasteiger partial charge on any atom is -0.272 e. The summed E-state index contributed by atoms with van der Waals surface area (Å²) < 4.78 is 17.1. The molecule has 0 bridgehead atoms. The zero-order chi connectivity index (χ0) is 20.3. The summed E-state index contributed by atoms with van der Waals surface area (Å²) >= 11 is 0. The van der Waals surface area contributed by atoms with E-state index in [2.05, 4.69) is 49.1 Å². The van der Waals surface area contributed by atoms with Crippen LogP contribution in [0.2, 0.25) is 0 Å². The minimum atomic E-state index is -0.506. The van der Waals surface area contributed by atoms with Gasteiger partial charge in [-0.25, -0.2) is 9.67 Å². The lowest BCUT2D eigenvalue weighted by Gasteiger charge is -2.06. The average Bonchev–Trinajstić information content (AvgIpc) is 3.20. The number of nitrogens with zero attached hydrogens (tertiary/aromatic N) is 5. The first-order chi connectivity index (χ1) is 13.9. The van der Waals surface area contributed by atoms with Crippen LogP contribution < -0.4 is 0 Å². The zero-order valence-corrected chi connectivity index (χ0v) is 16.7. The number of benzene rings is 2. The Morgan fingerprint density at radius 1 is 0.966 bits per heavy atom. The number of aryl methyl sites for hydroxylation is 4. The summed E-state index contributed by atoms with van der Waals surface area (Å²) in [7, 11) is 1.95. The van der Waals surface area contributed by atoms with Gasteiger partial charge in [-0.1, -0.05) is 23.8 Å². The average molecular weight is 385 g/mol. The highest BCUT2D eigenvalue weighted by Crippen LogP contribution is 2.37. The quantitative estimate of drug-likeness (QED) is 0.400. The smallest absolute Gasteiger partial charge is 0.212 e. The molecule has 6 heteroatoms. The molecule has 0 saturated carbocycles. The van der Waals surface area contributed by atoms with Crippen LogP contribution in [0.4, 0.5) is 4.39 Å². The SMILES string of the molecule is Cc1cc(C)c2c(c1)c(-c1cccc3nn(C)c(C)c13)nn2-c1ccc(F)nc1. The van der Waals surface area contributed by atoms with Crippen molar-refractivity contribution < 1.29 is 4.39 Å². The Balaban J connectivity index is 1.90. The molecule has 0 atom stereocenters. The predicted molar refractivity (Wildman–Crippen MR) is 113 cm³/mol. The molecule has 0 aliphatic carbocycles. The normalized spacial score (nSPS) is 11.6. The fourth-order valence-corrected chi connectivity index (χ4v) is 4.10. The maximum atomic E-state index is 13.4. The van der Waals surface area contributed by atoms with Gasteiger partial charge in [-0.05, 0) is 50.6 Å². The van der Waals surface area contributed by atoms with E-state index in [-0.39, 0.29) is 0 Å². The van der Waals surface area contributed by atoms with E-state index in [1.54, 1.807) is 6.07 Å². The van der Waals surface area contributed by atoms with Crippen molar-refractivity contribution in [1.29, 1.82) is 0 Å². The van der Waals surface area contributed by atoms with Crippen LogP contribution in [-0.4, -0.2) is 24.5 Å². The van der Waals surface area contributed by atoms with E-state index in [0.29, 0.717) is 0 Å². The number of pyridine rings is 1. The van der Waals surface area contributed by atoms with Crippen LogP contribution >= 0.6 is 0 Å². The first-order valence-electron chi connectivity index (χ1n) is 9.48. The van der Waals surface area contributed by atoms with Gasteiger partial charge in [-0.15, -0.1) is 0 Å². The molecule has 2 aromatic carbocycles. The number of aromatic nitrogens is 5. The van der Waals surface area contributed by atoms with Gasteiger partial charge in [0.05, 0.1) is 22.9 Å². The molecule has 0 aliphatic rings. The third-order valence-electron chi connectivity index (χ3n) is 5.47. The topological polar surface area (TPSA) is 48.5 Å². The van der Waals surface area contributed by atoms with E-state index in [1.807, 2.05) is 28.5 Å². The number of fused-ring (bicyclic) bond motifs is 2. The highest BCUT2D eigenvalue weighted by molar-refractivity contribution is 6.04. The summed E-state index contributed by atoms with van der Waals surface area (Å²) in [5, 5.41) is 11.8. The lowest BCUT2D eigenvalue weighted by Crippen LogP contribution is -1.99. The molecule has 0 aliphatic heterocycles. The van der Waals surface area contributed by atoms with Crippen molar-refractivity contribution in [2.75, 3.05) is 0 Å². The van der Waals surface area contributed by atoms with Crippen LogP contribution in [0.25, 0.3) is 38.8 Å². The fraction of sp³-hybridized carbons (Fsp3) is 0.174. The maximum Gasteiger partial charge on any atom is 0.212 e. The molecule has 0 N–H and O–H groups in total. The number of hydrogen-bond donors (Lipinski definition) is 0. The van der Waals surface area contributed by atoms with Crippen molar-refractivity contribution in [2.45, 2.75) is 20.8 Å². The Morgan fingerprint density at radius 2 is 1.79 bits per heavy atom. The van der Waals surface area contributed by atoms with Gasteiger partial charge in [0.15, 0.2) is 0 Å². The van der Waals surface area contributed by atoms with Crippen molar-refractivity contribution in [3.63, 3.8) is 0 Å². The summed E-state index contributed by atoms with van der Waals surface area (Å²) in [6.45, 7) is 6.23. The highest BCUT2D eigenvalue weighted by atomic mass is 19.1. The van der Waals surface area contributed by atoms with Gasteiger partial charge in [-0.3, -0.25) is 4.68 Å². The van der Waals surface area contributed by atoms with Gasteiger partial charge < -0.3 is 0 Å². The lowest BCUT2D eigenvalue weighted by molar-refractivity contribution is 0.582. The van der Waals surface area contributed by atoms with Crippen molar-refractivity contribution in [1.82, 2.24) is 24.5 Å². The molecule has 5 nitrogen and oxygen atoms in total. The van der Waals surface area contributed by atoms with Crippen LogP contribution in [0.5, 0.6) is 0 Å². The van der Waals surface area contributed by atoms with E-state index in [1.165, 1.54) is 17.8 Å². The summed E-state index contributed by atoms with van der Waals surface area (Å²) in [4.78, 5) is 3.82. The Hall–Kier alpha value is -3.54. The van der Waals surface area contributed by atoms with Crippen LogP contribution in [0.1, 0.15) is 16.8 Å². The Morgan fingerprint density at radius 3 is 2.55 bits per heavy atom. The van der Waals surface area contributed by atoms with Crippen molar-refractivity contribution >= 4 is 21.8 Å². The molecule has 0 radical (unpaired) electrons. The molecule has 5 rings (SSSR count). The number of halogens is 1. The van der Waals surface area contributed by atoms with Gasteiger partial charge in [0.1, 0.15) is 5.69 Å². The van der Waals surface area contributed by atoms with Gasteiger partial charge in [0.2, 0.25) is 5.95 Å². The maximum absolute atomic E-state index is 13.4. The third kappa shape index (κ3) is 2.63. The largest absolute Gasteiger partial charge is 0.272 e. The first kappa shape index (κ1) is 17.6. The van der Waals surface area contributed by atoms with Crippen LogP contribution in [0.15, 0.2) is 48.7 Å². The highest BCUT2D eigenvalue weighted by Gasteiger charge is 2.20. The van der Waals surface area contributed by atoms with E-state index < -0.39 is 5.95 Å². The van der Waals surface area contributed by atoms with Crippen LogP contribution in [-0.2, 0) is 7.05 Å². The summed E-state index contributed by atoms with van der Waals surface area (Å²) in [5.74, 6) is -0.506. The third-order valence-corrected chi connectivity index (χ3v) is 5.47. The summed E-state index contributed by atoms with van der Waals surface area (Å²) in [6, 6.07) is 13.5. The fourth-order valence-electron chi connectivity index (χ4n) is 4.10. The standard InChI is InChI=1S/C23H20FN5/c1-13-10-14(2)23-18(11-13)22(27-29(23)16-8-9-20(24)25-12-16)17-6-5-7-19-21(17)15(3)28(4)26-19/h5-12H,1-4H3. The second-order valence-corrected chi connectivity index (χ2v) is 7.49. The molecular formula is C23H20FN5. The molecule has 29 heavy (non-hydrogen) atoms.